The highest BCUT2D eigenvalue weighted by Gasteiger charge is 2.34. The largest absolute Gasteiger partial charge is 0.466 e. The summed E-state index contributed by atoms with van der Waals surface area (Å²) in [5.41, 5.74) is 0. The quantitative estimate of drug-likeness (QED) is 0.153. The minimum absolute atomic E-state index is 0.115. The third kappa shape index (κ3) is 16.3. The first-order valence-electron chi connectivity index (χ1n) is 13.6. The van der Waals surface area contributed by atoms with Gasteiger partial charge in [0.25, 0.3) is 0 Å². The van der Waals surface area contributed by atoms with Gasteiger partial charge in [0.1, 0.15) is 0 Å². The summed E-state index contributed by atoms with van der Waals surface area (Å²) in [5, 5.41) is 0. The van der Waals surface area contributed by atoms with Crippen LogP contribution in [-0.2, 0) is 14.3 Å². The Morgan fingerprint density at radius 2 is 1.19 bits per heavy atom. The molecule has 1 heterocycles. The molecule has 1 saturated heterocycles. The van der Waals surface area contributed by atoms with Crippen molar-refractivity contribution in [3.05, 3.63) is 0 Å². The number of rotatable bonds is 19. The number of hydrogen-bond acceptors (Lipinski definition) is 3. The van der Waals surface area contributed by atoms with Gasteiger partial charge in [-0.1, -0.05) is 117 Å². The Morgan fingerprint density at radius 1 is 0.774 bits per heavy atom. The molecule has 31 heavy (non-hydrogen) atoms. The molecule has 1 fully saturated rings. The van der Waals surface area contributed by atoms with E-state index in [2.05, 4.69) is 6.92 Å². The molecule has 1 unspecified atom stereocenters. The lowest BCUT2D eigenvalue weighted by molar-refractivity contribution is -0.147. The normalized spacial score (nSPS) is 15.7. The molecule has 1 atom stereocenters. The van der Waals surface area contributed by atoms with E-state index in [-0.39, 0.29) is 17.8 Å². The van der Waals surface area contributed by atoms with Crippen LogP contribution >= 0.6 is 0 Å². The second-order valence-corrected chi connectivity index (χ2v) is 8.80. The fourth-order valence-electron chi connectivity index (χ4n) is 4.26. The topological polar surface area (TPSA) is 46.6 Å². The molecular formula is C27H53NO3. The van der Waals surface area contributed by atoms with E-state index in [1.165, 1.54) is 96.3 Å². The predicted octanol–water partition coefficient (Wildman–Crippen LogP) is 7.69. The molecular weight excluding hydrogens is 386 g/mol. The minimum atomic E-state index is -0.247. The van der Waals surface area contributed by atoms with Crippen LogP contribution in [0.4, 0.5) is 0 Å². The van der Waals surface area contributed by atoms with Gasteiger partial charge in [0.2, 0.25) is 5.91 Å². The van der Waals surface area contributed by atoms with Gasteiger partial charge >= 0.3 is 5.97 Å². The number of unbranched alkanes of at least 4 members (excludes halogenated alkanes) is 15. The molecule has 0 aromatic heterocycles. The number of ether oxygens (including phenoxy) is 1. The van der Waals surface area contributed by atoms with Crippen molar-refractivity contribution in [2.45, 2.75) is 137 Å². The number of hydrogen-bond donors (Lipinski definition) is 0. The highest BCUT2D eigenvalue weighted by molar-refractivity contribution is 5.86. The van der Waals surface area contributed by atoms with Gasteiger partial charge in [-0.05, 0) is 13.3 Å². The Balaban J connectivity index is 0.00000436. The van der Waals surface area contributed by atoms with Crippen LogP contribution < -0.4 is 0 Å². The van der Waals surface area contributed by atoms with Crippen LogP contribution in [0.5, 0.6) is 0 Å². The van der Waals surface area contributed by atoms with Gasteiger partial charge in [-0.3, -0.25) is 9.59 Å². The lowest BCUT2D eigenvalue weighted by Gasteiger charge is -2.16. The molecule has 184 valence electrons. The molecule has 0 aromatic carbocycles. The number of likely N-dealkylation sites (tertiary alicyclic amines) is 1. The molecule has 1 aliphatic rings. The first-order chi connectivity index (χ1) is 15.2. The maximum Gasteiger partial charge on any atom is 0.311 e. The van der Waals surface area contributed by atoms with E-state index in [0.717, 1.165) is 13.0 Å². The van der Waals surface area contributed by atoms with Crippen molar-refractivity contribution in [1.82, 2.24) is 4.90 Å². The van der Waals surface area contributed by atoms with Gasteiger partial charge in [0, 0.05) is 19.5 Å². The van der Waals surface area contributed by atoms with Crippen molar-refractivity contribution in [2.75, 3.05) is 19.7 Å². The zero-order chi connectivity index (χ0) is 23.2. The molecule has 4 heteroatoms. The number of nitrogens with zero attached hydrogens (tertiary/aromatic N) is 1. The average molecular weight is 440 g/mol. The molecule has 1 aliphatic heterocycles. The van der Waals surface area contributed by atoms with Gasteiger partial charge < -0.3 is 9.64 Å². The summed E-state index contributed by atoms with van der Waals surface area (Å²) in [6.07, 6.45) is 22.0. The molecule has 0 aromatic rings. The average Bonchev–Trinajstić information content (AvgIpc) is 3.15. The number of carbonyl (C=O) groups is 2. The molecule has 4 nitrogen and oxygen atoms in total. The van der Waals surface area contributed by atoms with Crippen LogP contribution in [0.1, 0.15) is 137 Å². The van der Waals surface area contributed by atoms with E-state index in [1.807, 2.05) is 25.7 Å². The van der Waals surface area contributed by atoms with E-state index < -0.39 is 0 Å². The summed E-state index contributed by atoms with van der Waals surface area (Å²) in [6, 6.07) is 0. The highest BCUT2D eigenvalue weighted by atomic mass is 16.5. The summed E-state index contributed by atoms with van der Waals surface area (Å²) >= 11 is 0. The summed E-state index contributed by atoms with van der Waals surface area (Å²) in [6.45, 7) is 9.83. The summed E-state index contributed by atoms with van der Waals surface area (Å²) in [4.78, 5) is 25.6. The fourth-order valence-corrected chi connectivity index (χ4v) is 4.26. The summed E-state index contributed by atoms with van der Waals surface area (Å²) in [5.74, 6) is -0.345. The first-order valence-corrected chi connectivity index (χ1v) is 13.6. The maximum absolute atomic E-state index is 12.0. The van der Waals surface area contributed by atoms with Gasteiger partial charge in [-0.2, -0.15) is 0 Å². The van der Waals surface area contributed by atoms with Gasteiger partial charge in [-0.15, -0.1) is 0 Å². The molecule has 1 amide bonds. The van der Waals surface area contributed by atoms with Crippen molar-refractivity contribution < 1.29 is 14.3 Å². The molecule has 0 bridgehead atoms. The summed E-state index contributed by atoms with van der Waals surface area (Å²) in [7, 11) is 0. The van der Waals surface area contributed by atoms with Gasteiger partial charge in [0.15, 0.2) is 0 Å². The third-order valence-corrected chi connectivity index (χ3v) is 6.12. The number of esters is 1. The second kappa shape index (κ2) is 22.1. The lowest BCUT2D eigenvalue weighted by atomic mass is 10.0. The van der Waals surface area contributed by atoms with Gasteiger partial charge in [-0.25, -0.2) is 0 Å². The third-order valence-electron chi connectivity index (χ3n) is 6.12. The van der Waals surface area contributed by atoms with E-state index in [1.54, 1.807) is 0 Å². The van der Waals surface area contributed by atoms with E-state index >= 15 is 0 Å². The van der Waals surface area contributed by atoms with Crippen LogP contribution in [0, 0.1) is 5.92 Å². The van der Waals surface area contributed by atoms with Crippen LogP contribution in [0.2, 0.25) is 0 Å². The monoisotopic (exact) mass is 439 g/mol. The highest BCUT2D eigenvalue weighted by Crippen LogP contribution is 2.20. The Morgan fingerprint density at radius 3 is 1.61 bits per heavy atom. The van der Waals surface area contributed by atoms with Gasteiger partial charge in [0.05, 0.1) is 12.5 Å². The molecule has 1 rings (SSSR count). The molecule has 0 radical (unpaired) electrons. The Kier molecular flexibility index (Phi) is 21.4. The molecule has 0 aliphatic carbocycles. The molecule has 0 spiro atoms. The second-order valence-electron chi connectivity index (χ2n) is 8.80. The lowest BCUT2D eigenvalue weighted by Crippen LogP contribution is -2.27. The molecule has 0 saturated carbocycles. The number of amides is 1. The Bertz CT molecular complexity index is 425. The number of carbonyl (C=O) groups excluding carboxylic acids is 2. The van der Waals surface area contributed by atoms with Crippen molar-refractivity contribution in [1.29, 1.82) is 0 Å². The fraction of sp³-hybridized carbons (Fsp3) is 0.926. The van der Waals surface area contributed by atoms with Crippen LogP contribution in [0.25, 0.3) is 0 Å². The van der Waals surface area contributed by atoms with E-state index in [9.17, 15) is 9.59 Å². The Hall–Kier alpha value is -1.06. The maximum atomic E-state index is 12.0. The smallest absolute Gasteiger partial charge is 0.311 e. The zero-order valence-corrected chi connectivity index (χ0v) is 21.4. The van der Waals surface area contributed by atoms with Crippen LogP contribution in [0.3, 0.4) is 0 Å². The van der Waals surface area contributed by atoms with Crippen LogP contribution in [0.15, 0.2) is 0 Å². The minimum Gasteiger partial charge on any atom is -0.466 e. The Labute approximate surface area is 193 Å². The zero-order valence-electron chi connectivity index (χ0n) is 21.4. The standard InChI is InChI=1S/C25H47NO3.C2H6/c1-3-5-6-7-8-9-10-11-12-13-14-15-16-17-18-19-20-26-22-23(21-24(26)27)25(28)29-4-2;1-2/h23H,3-22H2,1-2H3;1-2H3. The van der Waals surface area contributed by atoms with Crippen molar-refractivity contribution in [3.63, 3.8) is 0 Å². The van der Waals surface area contributed by atoms with Crippen LogP contribution in [-0.4, -0.2) is 36.5 Å². The SMILES string of the molecule is CC.CCCCCCCCCCCCCCCCCCN1CC(C(=O)OCC)CC1=O. The van der Waals surface area contributed by atoms with E-state index in [4.69, 9.17) is 4.74 Å². The van der Waals surface area contributed by atoms with Crippen molar-refractivity contribution in [2.24, 2.45) is 5.92 Å². The predicted molar refractivity (Wildman–Crippen MR) is 132 cm³/mol. The van der Waals surface area contributed by atoms with E-state index in [0.29, 0.717) is 19.6 Å². The first kappa shape index (κ1) is 29.9. The molecule has 0 N–H and O–H groups in total. The summed E-state index contributed by atoms with van der Waals surface area (Å²) < 4.78 is 5.04. The van der Waals surface area contributed by atoms with Crippen molar-refractivity contribution in [3.8, 4) is 0 Å². The van der Waals surface area contributed by atoms with Crippen molar-refractivity contribution >= 4 is 11.9 Å².